The third-order valence-electron chi connectivity index (χ3n) is 5.31. The van der Waals surface area contributed by atoms with E-state index in [1.165, 1.54) is 11.8 Å². The Bertz CT molecular complexity index is 1340. The van der Waals surface area contributed by atoms with Crippen molar-refractivity contribution in [3.63, 3.8) is 0 Å². The zero-order chi connectivity index (χ0) is 25.7. The van der Waals surface area contributed by atoms with E-state index in [0.717, 1.165) is 22.4 Å². The second-order valence-electron chi connectivity index (χ2n) is 8.20. The van der Waals surface area contributed by atoms with Gasteiger partial charge in [0, 0.05) is 5.69 Å². The maximum Gasteiger partial charge on any atom is 0.270 e. The van der Waals surface area contributed by atoms with Crippen molar-refractivity contribution in [2.45, 2.75) is 20.8 Å². The minimum atomic E-state index is -0.273. The largest absolute Gasteiger partial charge is 0.490 e. The molecule has 1 saturated heterocycles. The highest BCUT2D eigenvalue weighted by Gasteiger charge is 2.33. The van der Waals surface area contributed by atoms with E-state index in [2.05, 4.69) is 5.32 Å². The highest BCUT2D eigenvalue weighted by molar-refractivity contribution is 8.27. The molecule has 0 saturated carbocycles. The fourth-order valence-electron chi connectivity index (χ4n) is 3.59. The van der Waals surface area contributed by atoms with Gasteiger partial charge in [-0.3, -0.25) is 14.5 Å². The summed E-state index contributed by atoms with van der Waals surface area (Å²) in [6, 6.07) is 20.6. The molecule has 2 amide bonds. The van der Waals surface area contributed by atoms with Crippen molar-refractivity contribution < 1.29 is 19.1 Å². The predicted octanol–water partition coefficient (Wildman–Crippen LogP) is 6.13. The van der Waals surface area contributed by atoms with Crippen LogP contribution in [0.25, 0.3) is 6.08 Å². The number of nitrogens with one attached hydrogen (secondary N) is 1. The first-order valence-corrected chi connectivity index (χ1v) is 12.7. The average molecular weight is 519 g/mol. The van der Waals surface area contributed by atoms with Crippen LogP contribution in [0.2, 0.25) is 0 Å². The molecule has 8 heteroatoms. The van der Waals surface area contributed by atoms with Gasteiger partial charge >= 0.3 is 0 Å². The highest BCUT2D eigenvalue weighted by atomic mass is 32.2. The molecule has 3 aromatic rings. The van der Waals surface area contributed by atoms with Crippen molar-refractivity contribution in [1.82, 2.24) is 0 Å². The first kappa shape index (κ1) is 25.5. The number of carbonyl (C=O) groups excluding carboxylic acids is 2. The van der Waals surface area contributed by atoms with Crippen molar-refractivity contribution in [1.29, 1.82) is 0 Å². The van der Waals surface area contributed by atoms with Crippen LogP contribution >= 0.6 is 24.0 Å². The topological polar surface area (TPSA) is 67.9 Å². The molecule has 0 bridgehead atoms. The Balaban J connectivity index is 1.47. The second kappa shape index (κ2) is 11.4. The third-order valence-corrected chi connectivity index (χ3v) is 6.62. The maximum atomic E-state index is 13.1. The van der Waals surface area contributed by atoms with Crippen LogP contribution in [0, 0.1) is 13.8 Å². The van der Waals surface area contributed by atoms with E-state index in [1.807, 2.05) is 75.4 Å². The van der Waals surface area contributed by atoms with Crippen molar-refractivity contribution in [2.24, 2.45) is 0 Å². The molecule has 1 aliphatic rings. The van der Waals surface area contributed by atoms with Crippen LogP contribution in [0.15, 0.2) is 71.6 Å². The molecule has 6 nitrogen and oxygen atoms in total. The number of nitrogens with zero attached hydrogens (tertiary/aromatic N) is 1. The third kappa shape index (κ3) is 6.13. The number of carbonyl (C=O) groups is 2. The Morgan fingerprint density at radius 1 is 1.00 bits per heavy atom. The van der Waals surface area contributed by atoms with E-state index in [4.69, 9.17) is 21.7 Å². The van der Waals surface area contributed by atoms with Gasteiger partial charge in [-0.1, -0.05) is 59.9 Å². The molecular formula is C28H26N2O4S2. The summed E-state index contributed by atoms with van der Waals surface area (Å²) in [7, 11) is 0. The van der Waals surface area contributed by atoms with Crippen LogP contribution in [-0.4, -0.2) is 29.3 Å². The molecule has 0 aliphatic carbocycles. The van der Waals surface area contributed by atoms with Gasteiger partial charge in [0.05, 0.1) is 17.2 Å². The summed E-state index contributed by atoms with van der Waals surface area (Å²) in [4.78, 5) is 27.5. The molecule has 0 spiro atoms. The van der Waals surface area contributed by atoms with Crippen LogP contribution < -0.4 is 19.7 Å². The minimum Gasteiger partial charge on any atom is -0.490 e. The Hall–Kier alpha value is -3.62. The number of aryl methyl sites for hydroxylation is 2. The summed E-state index contributed by atoms with van der Waals surface area (Å²) in [5.74, 6) is 0.496. The molecular weight excluding hydrogens is 492 g/mol. The minimum absolute atomic E-state index is 0.164. The van der Waals surface area contributed by atoms with E-state index in [-0.39, 0.29) is 18.4 Å². The number of benzene rings is 3. The molecule has 184 valence electrons. The van der Waals surface area contributed by atoms with Gasteiger partial charge in [0.1, 0.15) is 0 Å². The molecule has 1 fully saturated rings. The SMILES string of the molecule is CCOc1cc(/C=C2\SC(=S)N(c3cccc(C)c3)C2=O)ccc1OCC(=O)Nc1ccc(C)cc1. The Labute approximate surface area is 220 Å². The van der Waals surface area contributed by atoms with E-state index < -0.39 is 0 Å². The zero-order valence-electron chi connectivity index (χ0n) is 20.2. The van der Waals surface area contributed by atoms with Crippen molar-refractivity contribution in [3.8, 4) is 11.5 Å². The van der Waals surface area contributed by atoms with Gasteiger partial charge in [-0.05, 0) is 74.4 Å². The number of thiocarbonyl (C=S) groups is 1. The fraction of sp³-hybridized carbons (Fsp3) is 0.179. The number of hydrogen-bond donors (Lipinski definition) is 1. The lowest BCUT2D eigenvalue weighted by Gasteiger charge is -2.15. The molecule has 1 N–H and O–H groups in total. The van der Waals surface area contributed by atoms with Gasteiger partial charge in [-0.15, -0.1) is 0 Å². The summed E-state index contributed by atoms with van der Waals surface area (Å²) in [6.07, 6.45) is 1.78. The summed E-state index contributed by atoms with van der Waals surface area (Å²) >= 11 is 6.74. The number of hydrogen-bond acceptors (Lipinski definition) is 6. The molecule has 1 aliphatic heterocycles. The number of rotatable bonds is 8. The molecule has 0 aromatic heterocycles. The van der Waals surface area contributed by atoms with Gasteiger partial charge in [-0.25, -0.2) is 0 Å². The maximum absolute atomic E-state index is 13.1. The first-order chi connectivity index (χ1) is 17.3. The van der Waals surface area contributed by atoms with E-state index >= 15 is 0 Å². The number of ether oxygens (including phenoxy) is 2. The van der Waals surface area contributed by atoms with Crippen molar-refractivity contribution in [3.05, 3.63) is 88.3 Å². The molecule has 36 heavy (non-hydrogen) atoms. The Kier molecular flexibility index (Phi) is 8.07. The quantitative estimate of drug-likeness (QED) is 0.286. The molecule has 3 aromatic carbocycles. The summed E-state index contributed by atoms with van der Waals surface area (Å²) in [6.45, 7) is 6.09. The Morgan fingerprint density at radius 2 is 1.78 bits per heavy atom. The summed E-state index contributed by atoms with van der Waals surface area (Å²) < 4.78 is 12.0. The standard InChI is InChI=1S/C28H26N2O4S2/c1-4-33-24-15-20(10-13-23(24)34-17-26(31)29-21-11-8-18(2)9-12-21)16-25-27(32)30(28(35)36-25)22-7-5-6-19(3)14-22/h5-16H,4,17H2,1-3H3,(H,29,31)/b25-16-. The van der Waals surface area contributed by atoms with Gasteiger partial charge in [-0.2, -0.15) is 0 Å². The monoisotopic (exact) mass is 518 g/mol. The molecule has 0 atom stereocenters. The first-order valence-electron chi connectivity index (χ1n) is 11.4. The molecule has 4 rings (SSSR count). The highest BCUT2D eigenvalue weighted by Crippen LogP contribution is 2.37. The van der Waals surface area contributed by atoms with Crippen LogP contribution in [0.4, 0.5) is 11.4 Å². The van der Waals surface area contributed by atoms with Gasteiger partial charge in [0.25, 0.3) is 11.8 Å². The van der Waals surface area contributed by atoms with E-state index in [1.54, 1.807) is 23.1 Å². The molecule has 0 unspecified atom stereocenters. The van der Waals surface area contributed by atoms with Gasteiger partial charge in [0.2, 0.25) is 0 Å². The number of thioether (sulfide) groups is 1. The summed E-state index contributed by atoms with van der Waals surface area (Å²) in [5.41, 5.74) is 4.39. The van der Waals surface area contributed by atoms with Gasteiger partial charge in [0.15, 0.2) is 22.4 Å². The summed E-state index contributed by atoms with van der Waals surface area (Å²) in [5, 5.41) is 2.81. The zero-order valence-corrected chi connectivity index (χ0v) is 21.9. The lowest BCUT2D eigenvalue weighted by molar-refractivity contribution is -0.118. The Morgan fingerprint density at radius 3 is 2.50 bits per heavy atom. The lowest BCUT2D eigenvalue weighted by atomic mass is 10.1. The average Bonchev–Trinajstić information content (AvgIpc) is 3.12. The number of amides is 2. The van der Waals surface area contributed by atoms with Crippen LogP contribution in [0.3, 0.4) is 0 Å². The van der Waals surface area contributed by atoms with Crippen molar-refractivity contribution >= 4 is 57.6 Å². The van der Waals surface area contributed by atoms with Crippen LogP contribution in [-0.2, 0) is 9.59 Å². The lowest BCUT2D eigenvalue weighted by Crippen LogP contribution is -2.27. The van der Waals surface area contributed by atoms with Gasteiger partial charge < -0.3 is 14.8 Å². The van der Waals surface area contributed by atoms with Crippen molar-refractivity contribution in [2.75, 3.05) is 23.4 Å². The normalized spacial score (nSPS) is 14.3. The van der Waals surface area contributed by atoms with E-state index in [9.17, 15) is 9.59 Å². The van der Waals surface area contributed by atoms with E-state index in [0.29, 0.717) is 33.0 Å². The van der Waals surface area contributed by atoms with Crippen LogP contribution in [0.1, 0.15) is 23.6 Å². The molecule has 0 radical (unpaired) electrons. The fourth-order valence-corrected chi connectivity index (χ4v) is 4.89. The predicted molar refractivity (Wildman–Crippen MR) is 150 cm³/mol. The molecule has 1 heterocycles. The van der Waals surface area contributed by atoms with Crippen LogP contribution in [0.5, 0.6) is 11.5 Å². The smallest absolute Gasteiger partial charge is 0.270 e. The second-order valence-corrected chi connectivity index (χ2v) is 9.87. The number of anilines is 2.